The lowest BCUT2D eigenvalue weighted by Gasteiger charge is -2.29. The molecule has 0 saturated carbocycles. The largest absolute Gasteiger partial charge is 0.378 e. The number of hydrogen-bond donors (Lipinski definition) is 1. The van der Waals surface area contributed by atoms with Crippen LogP contribution in [0, 0.1) is 0 Å². The third-order valence-electron chi connectivity index (χ3n) is 3.58. The van der Waals surface area contributed by atoms with E-state index in [1.807, 2.05) is 26.1 Å². The van der Waals surface area contributed by atoms with Crippen LogP contribution in [0.5, 0.6) is 0 Å². The van der Waals surface area contributed by atoms with Crippen LogP contribution in [0.15, 0.2) is 24.5 Å². The molecule has 19 heavy (non-hydrogen) atoms. The zero-order valence-electron chi connectivity index (χ0n) is 11.5. The van der Waals surface area contributed by atoms with E-state index in [1.165, 1.54) is 0 Å². The Labute approximate surface area is 114 Å². The summed E-state index contributed by atoms with van der Waals surface area (Å²) in [6.07, 6.45) is 3.98. The molecule has 1 N–H and O–H groups in total. The van der Waals surface area contributed by atoms with Crippen molar-refractivity contribution >= 4 is 5.91 Å². The molecule has 1 aliphatic rings. The van der Waals surface area contributed by atoms with E-state index in [0.717, 1.165) is 18.7 Å². The van der Waals surface area contributed by atoms with Gasteiger partial charge >= 0.3 is 0 Å². The van der Waals surface area contributed by atoms with Gasteiger partial charge in [0.15, 0.2) is 0 Å². The molecule has 2 rings (SSSR count). The van der Waals surface area contributed by atoms with E-state index in [2.05, 4.69) is 10.3 Å². The number of nitrogens with one attached hydrogen (secondary N) is 1. The van der Waals surface area contributed by atoms with Crippen molar-refractivity contribution in [3.05, 3.63) is 30.1 Å². The standard InChI is InChI=1S/C14H21N3O2/c1-11(12-3-5-15-6-4-12)17(2)14(18)9-13-10-19-8-7-16-13/h3-6,11,13,16H,7-10H2,1-2H3. The van der Waals surface area contributed by atoms with Gasteiger partial charge in [0.1, 0.15) is 0 Å². The highest BCUT2D eigenvalue weighted by molar-refractivity contribution is 5.77. The molecule has 1 fully saturated rings. The Bertz CT molecular complexity index is 404. The first-order chi connectivity index (χ1) is 9.18. The quantitative estimate of drug-likeness (QED) is 0.880. The first kappa shape index (κ1) is 14.0. The zero-order valence-corrected chi connectivity index (χ0v) is 11.5. The van der Waals surface area contributed by atoms with Gasteiger partial charge in [-0.3, -0.25) is 9.78 Å². The molecule has 1 aliphatic heterocycles. The van der Waals surface area contributed by atoms with Crippen LogP contribution in [0.3, 0.4) is 0 Å². The van der Waals surface area contributed by atoms with Gasteiger partial charge in [-0.05, 0) is 24.6 Å². The van der Waals surface area contributed by atoms with Gasteiger partial charge < -0.3 is 15.0 Å². The fourth-order valence-electron chi connectivity index (χ4n) is 2.19. The Hall–Kier alpha value is -1.46. The number of nitrogens with zero attached hydrogens (tertiary/aromatic N) is 2. The van der Waals surface area contributed by atoms with E-state index in [0.29, 0.717) is 13.0 Å². The van der Waals surface area contributed by atoms with E-state index in [9.17, 15) is 4.79 Å². The number of pyridine rings is 1. The normalized spacial score (nSPS) is 20.8. The minimum absolute atomic E-state index is 0.0556. The SMILES string of the molecule is CC(c1ccncc1)N(C)C(=O)CC1COCCN1. The van der Waals surface area contributed by atoms with Gasteiger partial charge in [-0.25, -0.2) is 0 Å². The van der Waals surface area contributed by atoms with Crippen molar-refractivity contribution in [2.75, 3.05) is 26.8 Å². The Morgan fingerprint density at radius 3 is 2.95 bits per heavy atom. The third kappa shape index (κ3) is 3.75. The Morgan fingerprint density at radius 2 is 2.32 bits per heavy atom. The number of ether oxygens (including phenoxy) is 1. The van der Waals surface area contributed by atoms with Crippen LogP contribution in [0.4, 0.5) is 0 Å². The Balaban J connectivity index is 1.91. The molecule has 2 unspecified atom stereocenters. The van der Waals surface area contributed by atoms with Gasteiger partial charge in [0, 0.05) is 38.4 Å². The third-order valence-corrected chi connectivity index (χ3v) is 3.58. The second kappa shape index (κ2) is 6.63. The molecule has 104 valence electrons. The molecule has 0 radical (unpaired) electrons. The molecule has 0 aliphatic carbocycles. The molecule has 5 nitrogen and oxygen atoms in total. The van der Waals surface area contributed by atoms with Gasteiger partial charge in [-0.1, -0.05) is 0 Å². The van der Waals surface area contributed by atoms with Gasteiger partial charge in [-0.15, -0.1) is 0 Å². The minimum atomic E-state index is 0.0556. The molecule has 1 saturated heterocycles. The van der Waals surface area contributed by atoms with E-state index in [4.69, 9.17) is 4.74 Å². The first-order valence-corrected chi connectivity index (χ1v) is 6.65. The highest BCUT2D eigenvalue weighted by Crippen LogP contribution is 2.18. The van der Waals surface area contributed by atoms with Crippen molar-refractivity contribution in [3.8, 4) is 0 Å². The number of carbonyl (C=O) groups is 1. The number of carbonyl (C=O) groups excluding carboxylic acids is 1. The molecule has 1 aromatic rings. The van der Waals surface area contributed by atoms with Crippen LogP contribution in [0.2, 0.25) is 0 Å². The molecule has 0 bridgehead atoms. The van der Waals surface area contributed by atoms with E-state index in [1.54, 1.807) is 17.3 Å². The number of hydrogen-bond acceptors (Lipinski definition) is 4. The molecule has 1 aromatic heterocycles. The number of rotatable bonds is 4. The summed E-state index contributed by atoms with van der Waals surface area (Å²) >= 11 is 0. The minimum Gasteiger partial charge on any atom is -0.378 e. The molecule has 5 heteroatoms. The van der Waals surface area contributed by atoms with Crippen LogP contribution in [-0.4, -0.2) is 48.6 Å². The summed E-state index contributed by atoms with van der Waals surface area (Å²) in [5.74, 6) is 0.132. The van der Waals surface area contributed by atoms with Crippen LogP contribution in [-0.2, 0) is 9.53 Å². The number of aromatic nitrogens is 1. The average molecular weight is 263 g/mol. The number of morpholine rings is 1. The highest BCUT2D eigenvalue weighted by Gasteiger charge is 2.22. The van der Waals surface area contributed by atoms with Gasteiger partial charge in [0.2, 0.25) is 5.91 Å². The Kier molecular flexibility index (Phi) is 4.87. The summed E-state index contributed by atoms with van der Waals surface area (Å²) in [6, 6.07) is 4.07. The topological polar surface area (TPSA) is 54.5 Å². The lowest BCUT2D eigenvalue weighted by molar-refractivity contribution is -0.133. The number of amides is 1. The fraction of sp³-hybridized carbons (Fsp3) is 0.571. The van der Waals surface area contributed by atoms with E-state index >= 15 is 0 Å². The van der Waals surface area contributed by atoms with Crippen molar-refractivity contribution in [1.29, 1.82) is 0 Å². The van der Waals surface area contributed by atoms with Crippen molar-refractivity contribution in [1.82, 2.24) is 15.2 Å². The second-order valence-electron chi connectivity index (χ2n) is 4.89. The predicted octanol–water partition coefficient (Wildman–Crippen LogP) is 0.979. The zero-order chi connectivity index (χ0) is 13.7. The van der Waals surface area contributed by atoms with E-state index < -0.39 is 0 Å². The molecule has 2 atom stereocenters. The van der Waals surface area contributed by atoms with Gasteiger partial charge in [-0.2, -0.15) is 0 Å². The molecular weight excluding hydrogens is 242 g/mol. The van der Waals surface area contributed by atoms with Crippen LogP contribution in [0.25, 0.3) is 0 Å². The maximum atomic E-state index is 12.2. The monoisotopic (exact) mass is 263 g/mol. The molecule has 0 spiro atoms. The molecule has 2 heterocycles. The Morgan fingerprint density at radius 1 is 1.58 bits per heavy atom. The average Bonchev–Trinajstić information content (AvgIpc) is 2.47. The summed E-state index contributed by atoms with van der Waals surface area (Å²) in [6.45, 7) is 4.19. The molecular formula is C14H21N3O2. The van der Waals surface area contributed by atoms with E-state index in [-0.39, 0.29) is 18.0 Å². The lowest BCUT2D eigenvalue weighted by Crippen LogP contribution is -2.44. The van der Waals surface area contributed by atoms with Crippen LogP contribution in [0.1, 0.15) is 24.9 Å². The maximum absolute atomic E-state index is 12.2. The summed E-state index contributed by atoms with van der Waals surface area (Å²) < 4.78 is 5.37. The maximum Gasteiger partial charge on any atom is 0.224 e. The van der Waals surface area contributed by atoms with Crippen molar-refractivity contribution < 1.29 is 9.53 Å². The van der Waals surface area contributed by atoms with Crippen molar-refractivity contribution in [2.45, 2.75) is 25.4 Å². The molecule has 0 aromatic carbocycles. The smallest absolute Gasteiger partial charge is 0.224 e. The predicted molar refractivity (Wildman–Crippen MR) is 72.6 cm³/mol. The van der Waals surface area contributed by atoms with Crippen molar-refractivity contribution in [2.24, 2.45) is 0 Å². The second-order valence-corrected chi connectivity index (χ2v) is 4.89. The highest BCUT2D eigenvalue weighted by atomic mass is 16.5. The summed E-state index contributed by atoms with van der Waals surface area (Å²) in [7, 11) is 1.84. The summed E-state index contributed by atoms with van der Waals surface area (Å²) in [4.78, 5) is 18.0. The van der Waals surface area contributed by atoms with Gasteiger partial charge in [0.25, 0.3) is 0 Å². The fourth-order valence-corrected chi connectivity index (χ4v) is 2.19. The van der Waals surface area contributed by atoms with Gasteiger partial charge in [0.05, 0.1) is 19.3 Å². The van der Waals surface area contributed by atoms with Crippen LogP contribution < -0.4 is 5.32 Å². The van der Waals surface area contributed by atoms with Crippen molar-refractivity contribution in [3.63, 3.8) is 0 Å². The van der Waals surface area contributed by atoms with Crippen LogP contribution >= 0.6 is 0 Å². The summed E-state index contributed by atoms with van der Waals surface area (Å²) in [5.41, 5.74) is 1.10. The summed E-state index contributed by atoms with van der Waals surface area (Å²) in [5, 5.41) is 3.30. The first-order valence-electron chi connectivity index (χ1n) is 6.65. The molecule has 1 amide bonds. The lowest BCUT2D eigenvalue weighted by atomic mass is 10.1.